The molecule has 0 bridgehead atoms. The van der Waals surface area contributed by atoms with Crippen molar-refractivity contribution in [2.45, 2.75) is 6.54 Å². The smallest absolute Gasteiger partial charge is 0.328 e. The molecule has 1 aromatic carbocycles. The maximum Gasteiger partial charge on any atom is 0.328 e. The van der Waals surface area contributed by atoms with E-state index >= 15 is 0 Å². The second-order valence-electron chi connectivity index (χ2n) is 3.93. The highest BCUT2D eigenvalue weighted by Crippen LogP contribution is 2.09. The van der Waals surface area contributed by atoms with Gasteiger partial charge in [-0.05, 0) is 17.2 Å². The van der Waals surface area contributed by atoms with Gasteiger partial charge in [0.05, 0.1) is 6.26 Å². The predicted octanol–water partition coefficient (Wildman–Crippen LogP) is 1.18. The third-order valence-corrected chi connectivity index (χ3v) is 3.63. The largest absolute Gasteiger partial charge is 0.478 e. The van der Waals surface area contributed by atoms with Gasteiger partial charge >= 0.3 is 5.97 Å². The fourth-order valence-corrected chi connectivity index (χ4v) is 1.66. The minimum atomic E-state index is -3.19. The maximum absolute atomic E-state index is 11.2. The molecule has 18 heavy (non-hydrogen) atoms. The van der Waals surface area contributed by atoms with E-state index < -0.39 is 16.0 Å². The molecule has 0 aromatic heterocycles. The molecule has 0 radical (unpaired) electrons. The Labute approximate surface area is 106 Å². The van der Waals surface area contributed by atoms with E-state index in [4.69, 9.17) is 5.11 Å². The molecular weight excluding hydrogens is 254 g/mol. The number of aliphatic carboxylic acids is 1. The summed E-state index contributed by atoms with van der Waals surface area (Å²) in [6.45, 7) is 0.293. The highest BCUT2D eigenvalue weighted by Gasteiger charge is 2.10. The Balaban J connectivity index is 2.75. The Hall–Kier alpha value is -1.66. The van der Waals surface area contributed by atoms with Crippen molar-refractivity contribution in [1.82, 2.24) is 4.31 Å². The summed E-state index contributed by atoms with van der Waals surface area (Å²) >= 11 is 0. The molecule has 0 amide bonds. The summed E-state index contributed by atoms with van der Waals surface area (Å²) in [5.41, 5.74) is 1.60. The van der Waals surface area contributed by atoms with Crippen molar-refractivity contribution >= 4 is 22.1 Å². The molecule has 0 saturated heterocycles. The van der Waals surface area contributed by atoms with Crippen molar-refractivity contribution in [1.29, 1.82) is 0 Å². The number of carbonyl (C=O) groups is 1. The quantitative estimate of drug-likeness (QED) is 0.814. The number of rotatable bonds is 5. The second kappa shape index (κ2) is 5.79. The van der Waals surface area contributed by atoms with E-state index in [1.165, 1.54) is 17.4 Å². The van der Waals surface area contributed by atoms with Gasteiger partial charge in [0.1, 0.15) is 0 Å². The van der Waals surface area contributed by atoms with E-state index in [1.807, 2.05) is 0 Å². The molecule has 5 nitrogen and oxygen atoms in total. The van der Waals surface area contributed by atoms with Crippen LogP contribution in [0.25, 0.3) is 6.08 Å². The average molecular weight is 269 g/mol. The molecule has 0 aliphatic heterocycles. The molecule has 1 N–H and O–H groups in total. The zero-order chi connectivity index (χ0) is 13.8. The first-order chi connectivity index (χ1) is 8.29. The molecule has 0 aliphatic rings. The van der Waals surface area contributed by atoms with Gasteiger partial charge in [0.2, 0.25) is 10.0 Å². The lowest BCUT2D eigenvalue weighted by atomic mass is 10.1. The third-order valence-electron chi connectivity index (χ3n) is 2.37. The van der Waals surface area contributed by atoms with E-state index in [1.54, 1.807) is 24.3 Å². The van der Waals surface area contributed by atoms with Crippen molar-refractivity contribution in [2.75, 3.05) is 13.3 Å². The fraction of sp³-hybridized carbons (Fsp3) is 0.250. The number of nitrogens with zero attached hydrogens (tertiary/aromatic N) is 1. The monoisotopic (exact) mass is 269 g/mol. The minimum Gasteiger partial charge on any atom is -0.478 e. The molecule has 0 saturated carbocycles. The topological polar surface area (TPSA) is 74.7 Å². The molecule has 0 aliphatic carbocycles. The van der Waals surface area contributed by atoms with E-state index in [9.17, 15) is 13.2 Å². The summed E-state index contributed by atoms with van der Waals surface area (Å²) in [6, 6.07) is 7.02. The summed E-state index contributed by atoms with van der Waals surface area (Å²) < 4.78 is 23.7. The summed E-state index contributed by atoms with van der Waals surface area (Å²) in [5, 5.41) is 8.48. The first kappa shape index (κ1) is 14.4. The van der Waals surface area contributed by atoms with Crippen LogP contribution >= 0.6 is 0 Å². The van der Waals surface area contributed by atoms with Crippen molar-refractivity contribution < 1.29 is 18.3 Å². The zero-order valence-corrected chi connectivity index (χ0v) is 11.0. The van der Waals surface area contributed by atoms with Crippen molar-refractivity contribution in [3.8, 4) is 0 Å². The van der Waals surface area contributed by atoms with Gasteiger partial charge in [0.25, 0.3) is 0 Å². The van der Waals surface area contributed by atoms with Crippen LogP contribution < -0.4 is 0 Å². The van der Waals surface area contributed by atoms with Crippen LogP contribution in [-0.2, 0) is 21.4 Å². The minimum absolute atomic E-state index is 0.293. The van der Waals surface area contributed by atoms with Crippen molar-refractivity contribution in [3.63, 3.8) is 0 Å². The van der Waals surface area contributed by atoms with E-state index in [2.05, 4.69) is 0 Å². The number of carboxylic acid groups (broad SMARTS) is 1. The Morgan fingerprint density at radius 1 is 1.33 bits per heavy atom. The van der Waals surface area contributed by atoms with Crippen LogP contribution in [0.3, 0.4) is 0 Å². The lowest BCUT2D eigenvalue weighted by Crippen LogP contribution is -2.24. The Kier molecular flexibility index (Phi) is 4.63. The first-order valence-corrected chi connectivity index (χ1v) is 7.05. The van der Waals surface area contributed by atoms with E-state index in [0.29, 0.717) is 6.54 Å². The van der Waals surface area contributed by atoms with Crippen LogP contribution in [0.2, 0.25) is 0 Å². The molecule has 0 fully saturated rings. The van der Waals surface area contributed by atoms with Gasteiger partial charge in [-0.2, -0.15) is 0 Å². The summed E-state index contributed by atoms with van der Waals surface area (Å²) in [7, 11) is -1.68. The average Bonchev–Trinajstić information content (AvgIpc) is 2.26. The third kappa shape index (κ3) is 4.68. The summed E-state index contributed by atoms with van der Waals surface area (Å²) in [5.74, 6) is -1.00. The molecule has 0 spiro atoms. The fourth-order valence-electron chi connectivity index (χ4n) is 1.28. The van der Waals surface area contributed by atoms with Crippen LogP contribution in [0.4, 0.5) is 0 Å². The number of hydrogen-bond donors (Lipinski definition) is 1. The van der Waals surface area contributed by atoms with Gasteiger partial charge in [-0.25, -0.2) is 17.5 Å². The Morgan fingerprint density at radius 3 is 2.33 bits per heavy atom. The molecule has 1 aromatic rings. The van der Waals surface area contributed by atoms with Gasteiger partial charge in [-0.3, -0.25) is 0 Å². The van der Waals surface area contributed by atoms with Gasteiger partial charge in [-0.1, -0.05) is 24.3 Å². The SMILES string of the molecule is CN(Cc1ccc(C=CC(=O)O)cc1)S(C)(=O)=O. The first-order valence-electron chi connectivity index (χ1n) is 5.20. The van der Waals surface area contributed by atoms with Crippen LogP contribution in [0.5, 0.6) is 0 Å². The summed E-state index contributed by atoms with van der Waals surface area (Å²) in [6.07, 6.45) is 3.68. The van der Waals surface area contributed by atoms with Crippen LogP contribution in [-0.4, -0.2) is 37.1 Å². The zero-order valence-electron chi connectivity index (χ0n) is 10.2. The van der Waals surface area contributed by atoms with Gasteiger partial charge < -0.3 is 5.11 Å². The highest BCUT2D eigenvalue weighted by molar-refractivity contribution is 7.88. The van der Waals surface area contributed by atoms with Gasteiger partial charge in [0, 0.05) is 19.7 Å². The maximum atomic E-state index is 11.2. The second-order valence-corrected chi connectivity index (χ2v) is 6.02. The number of sulfonamides is 1. The van der Waals surface area contributed by atoms with Crippen molar-refractivity contribution in [3.05, 3.63) is 41.5 Å². The molecule has 0 unspecified atom stereocenters. The van der Waals surface area contributed by atoms with Gasteiger partial charge in [-0.15, -0.1) is 0 Å². The predicted molar refractivity (Wildman–Crippen MR) is 69.4 cm³/mol. The number of hydrogen-bond acceptors (Lipinski definition) is 3. The normalized spacial score (nSPS) is 12.2. The number of carboxylic acids is 1. The molecule has 6 heteroatoms. The lowest BCUT2D eigenvalue weighted by molar-refractivity contribution is -0.131. The molecule has 0 atom stereocenters. The van der Waals surface area contributed by atoms with Crippen LogP contribution in [0, 0.1) is 0 Å². The molecule has 98 valence electrons. The molecular formula is C12H15NO4S. The van der Waals surface area contributed by atoms with Gasteiger partial charge in [0.15, 0.2) is 0 Å². The van der Waals surface area contributed by atoms with E-state index in [0.717, 1.165) is 23.5 Å². The van der Waals surface area contributed by atoms with E-state index in [-0.39, 0.29) is 0 Å². The number of benzene rings is 1. The lowest BCUT2D eigenvalue weighted by Gasteiger charge is -2.13. The standard InChI is InChI=1S/C12H15NO4S/c1-13(18(2,16)17)9-11-5-3-10(4-6-11)7-8-12(14)15/h3-8H,9H2,1-2H3,(H,14,15). The molecule has 1 rings (SSSR count). The van der Waals surface area contributed by atoms with Crippen LogP contribution in [0.15, 0.2) is 30.3 Å². The Morgan fingerprint density at radius 2 is 1.89 bits per heavy atom. The summed E-state index contributed by atoms with van der Waals surface area (Å²) in [4.78, 5) is 10.3. The van der Waals surface area contributed by atoms with Crippen molar-refractivity contribution in [2.24, 2.45) is 0 Å². The Bertz CT molecular complexity index is 546. The van der Waals surface area contributed by atoms with Crippen LogP contribution in [0.1, 0.15) is 11.1 Å². The highest BCUT2D eigenvalue weighted by atomic mass is 32.2. The molecule has 0 heterocycles.